The van der Waals surface area contributed by atoms with Gasteiger partial charge in [0.25, 0.3) is 6.29 Å². The molecule has 4 heterocycles. The lowest BCUT2D eigenvalue weighted by Gasteiger charge is -2.18. The molecule has 7 heteroatoms. The van der Waals surface area contributed by atoms with E-state index in [2.05, 4.69) is 0 Å². The maximum Gasteiger partial charge on any atom is 0.351 e. The van der Waals surface area contributed by atoms with Crippen LogP contribution in [0.15, 0.2) is 27.6 Å². The van der Waals surface area contributed by atoms with E-state index >= 15 is 0 Å². The van der Waals surface area contributed by atoms with Crippen LogP contribution in [0.3, 0.4) is 0 Å². The van der Waals surface area contributed by atoms with Crippen LogP contribution in [0.25, 0.3) is 11.0 Å². The van der Waals surface area contributed by atoms with Crippen molar-refractivity contribution in [3.8, 4) is 11.5 Å². The van der Waals surface area contributed by atoms with Gasteiger partial charge in [-0.05, 0) is 11.6 Å². The Morgan fingerprint density at radius 3 is 3.00 bits per heavy atom. The molecule has 3 aliphatic heterocycles. The molecule has 1 aromatic heterocycles. The van der Waals surface area contributed by atoms with E-state index in [1.165, 1.54) is 7.11 Å². The van der Waals surface area contributed by atoms with Gasteiger partial charge in [0, 0.05) is 12.5 Å². The number of ether oxygens (including phenoxy) is 4. The maximum absolute atomic E-state index is 12.4. The molecule has 0 unspecified atom stereocenters. The van der Waals surface area contributed by atoms with Crippen molar-refractivity contribution in [2.75, 3.05) is 13.7 Å². The first-order valence-corrected chi connectivity index (χ1v) is 7.55. The number of hydrogen-bond donors (Lipinski definition) is 0. The SMILES string of the molecule is COc1cc2c(c3oc(=O)c4c(c13)CCOC4=O)[C@H]1C=CO[C@H]1O2. The molecular weight excluding hydrogens is 316 g/mol. The number of methoxy groups -OCH3 is 1. The highest BCUT2D eigenvalue weighted by Gasteiger charge is 2.41. The Balaban J connectivity index is 1.93. The zero-order valence-electron chi connectivity index (χ0n) is 12.7. The number of esters is 1. The van der Waals surface area contributed by atoms with E-state index in [-0.39, 0.29) is 18.1 Å². The van der Waals surface area contributed by atoms with Gasteiger partial charge in [-0.3, -0.25) is 0 Å². The van der Waals surface area contributed by atoms with E-state index < -0.39 is 17.9 Å². The van der Waals surface area contributed by atoms with Gasteiger partial charge in [0.05, 0.1) is 36.8 Å². The van der Waals surface area contributed by atoms with Crippen molar-refractivity contribution in [1.82, 2.24) is 0 Å². The van der Waals surface area contributed by atoms with Crippen molar-refractivity contribution in [3.63, 3.8) is 0 Å². The second-order valence-electron chi connectivity index (χ2n) is 5.80. The van der Waals surface area contributed by atoms with Crippen molar-refractivity contribution < 1.29 is 28.2 Å². The van der Waals surface area contributed by atoms with Gasteiger partial charge in [-0.2, -0.15) is 0 Å². The number of rotatable bonds is 1. The minimum atomic E-state index is -0.705. The Morgan fingerprint density at radius 2 is 2.17 bits per heavy atom. The summed E-state index contributed by atoms with van der Waals surface area (Å²) < 4.78 is 27.1. The smallest absolute Gasteiger partial charge is 0.351 e. The molecule has 7 nitrogen and oxygen atoms in total. The molecular formula is C17H12O7. The van der Waals surface area contributed by atoms with E-state index in [0.29, 0.717) is 34.5 Å². The molecule has 0 spiro atoms. The first-order chi connectivity index (χ1) is 11.7. The Morgan fingerprint density at radius 1 is 1.29 bits per heavy atom. The number of fused-ring (bicyclic) bond motifs is 7. The summed E-state index contributed by atoms with van der Waals surface area (Å²) >= 11 is 0. The summed E-state index contributed by atoms with van der Waals surface area (Å²) in [7, 11) is 1.52. The van der Waals surface area contributed by atoms with Crippen LogP contribution in [0.4, 0.5) is 0 Å². The van der Waals surface area contributed by atoms with Crippen LogP contribution in [0.1, 0.15) is 27.4 Å². The highest BCUT2D eigenvalue weighted by Crippen LogP contribution is 2.49. The van der Waals surface area contributed by atoms with E-state index in [4.69, 9.17) is 23.4 Å². The molecule has 24 heavy (non-hydrogen) atoms. The standard InChI is InChI=1S/C17H12O7/c1-20-9-6-10-12(8-3-5-22-17(8)23-10)14-11(9)7-2-4-21-15(18)13(7)16(19)24-14/h3,5-6,8,17H,2,4H2,1H3/t8-,17+/m1/s1. The lowest BCUT2D eigenvalue weighted by Crippen LogP contribution is -2.26. The molecule has 2 atom stereocenters. The molecule has 0 bridgehead atoms. The van der Waals surface area contributed by atoms with Gasteiger partial charge < -0.3 is 23.4 Å². The summed E-state index contributed by atoms with van der Waals surface area (Å²) in [6, 6.07) is 1.74. The fourth-order valence-electron chi connectivity index (χ4n) is 3.60. The van der Waals surface area contributed by atoms with Crippen molar-refractivity contribution in [2.24, 2.45) is 0 Å². The van der Waals surface area contributed by atoms with Crippen LogP contribution in [0.5, 0.6) is 11.5 Å². The van der Waals surface area contributed by atoms with Crippen molar-refractivity contribution in [2.45, 2.75) is 18.6 Å². The van der Waals surface area contributed by atoms with Crippen molar-refractivity contribution in [1.29, 1.82) is 0 Å². The van der Waals surface area contributed by atoms with E-state index in [1.807, 2.05) is 6.08 Å². The molecule has 0 amide bonds. The van der Waals surface area contributed by atoms with Gasteiger partial charge in [-0.15, -0.1) is 0 Å². The molecule has 0 radical (unpaired) electrons. The third kappa shape index (κ3) is 1.56. The lowest BCUT2D eigenvalue weighted by molar-refractivity contribution is -0.00485. The summed E-state index contributed by atoms with van der Waals surface area (Å²) in [5, 5.41) is 0.618. The van der Waals surface area contributed by atoms with E-state index in [1.54, 1.807) is 12.3 Å². The van der Waals surface area contributed by atoms with Crippen LogP contribution >= 0.6 is 0 Å². The fourth-order valence-corrected chi connectivity index (χ4v) is 3.60. The Kier molecular flexibility index (Phi) is 2.54. The molecule has 122 valence electrons. The molecule has 0 saturated heterocycles. The highest BCUT2D eigenvalue weighted by atomic mass is 16.7. The maximum atomic E-state index is 12.4. The Bertz CT molecular complexity index is 985. The monoisotopic (exact) mass is 328 g/mol. The highest BCUT2D eigenvalue weighted by molar-refractivity contribution is 6.01. The van der Waals surface area contributed by atoms with Gasteiger partial charge in [0.15, 0.2) is 0 Å². The topological polar surface area (TPSA) is 84.2 Å². The second-order valence-corrected chi connectivity index (χ2v) is 5.80. The summed E-state index contributed by atoms with van der Waals surface area (Å²) in [4.78, 5) is 24.4. The van der Waals surface area contributed by atoms with Gasteiger partial charge in [0.1, 0.15) is 22.6 Å². The summed E-state index contributed by atoms with van der Waals surface area (Å²) in [6.07, 6.45) is 3.39. The van der Waals surface area contributed by atoms with E-state index in [9.17, 15) is 9.59 Å². The zero-order chi connectivity index (χ0) is 16.4. The minimum Gasteiger partial charge on any atom is -0.496 e. The van der Waals surface area contributed by atoms with Crippen LogP contribution in [-0.4, -0.2) is 26.0 Å². The summed E-state index contributed by atoms with van der Waals surface area (Å²) in [6.45, 7) is 0.218. The van der Waals surface area contributed by atoms with Crippen LogP contribution in [-0.2, 0) is 15.9 Å². The third-order valence-electron chi connectivity index (χ3n) is 4.63. The fraction of sp³-hybridized carbons (Fsp3) is 0.294. The Hall–Kier alpha value is -2.96. The molecule has 3 aliphatic rings. The first-order valence-electron chi connectivity index (χ1n) is 7.55. The second kappa shape index (κ2) is 4.53. The number of carbonyl (C=O) groups excluding carboxylic acids is 1. The van der Waals surface area contributed by atoms with Gasteiger partial charge >= 0.3 is 11.6 Å². The number of carbonyl (C=O) groups is 1. The molecule has 0 N–H and O–H groups in total. The molecule has 5 rings (SSSR count). The molecule has 0 saturated carbocycles. The van der Waals surface area contributed by atoms with Crippen molar-refractivity contribution in [3.05, 3.63) is 45.5 Å². The van der Waals surface area contributed by atoms with Gasteiger partial charge in [-0.25, -0.2) is 9.59 Å². The van der Waals surface area contributed by atoms with Crippen LogP contribution in [0, 0.1) is 0 Å². The molecule has 2 aromatic rings. The average molecular weight is 328 g/mol. The molecule has 1 aromatic carbocycles. The predicted molar refractivity (Wildman–Crippen MR) is 80.4 cm³/mol. The largest absolute Gasteiger partial charge is 0.496 e. The predicted octanol–water partition coefficient (Wildman–Crippen LogP) is 1.86. The number of cyclic esters (lactones) is 1. The summed E-state index contributed by atoms with van der Waals surface area (Å²) in [5.74, 6) is 0.223. The molecule has 0 fully saturated rings. The van der Waals surface area contributed by atoms with Crippen LogP contribution < -0.4 is 15.1 Å². The third-order valence-corrected chi connectivity index (χ3v) is 4.63. The quantitative estimate of drug-likeness (QED) is 0.583. The number of benzene rings is 1. The van der Waals surface area contributed by atoms with Crippen LogP contribution in [0.2, 0.25) is 0 Å². The number of hydrogen-bond acceptors (Lipinski definition) is 7. The Labute approximate surface area is 135 Å². The lowest BCUT2D eigenvalue weighted by atomic mass is 9.93. The first kappa shape index (κ1) is 13.5. The van der Waals surface area contributed by atoms with E-state index in [0.717, 1.165) is 5.56 Å². The normalized spacial score (nSPS) is 23.1. The average Bonchev–Trinajstić information content (AvgIpc) is 3.14. The van der Waals surface area contributed by atoms with Gasteiger partial charge in [-0.1, -0.05) is 0 Å². The van der Waals surface area contributed by atoms with Gasteiger partial charge in [0.2, 0.25) is 0 Å². The summed E-state index contributed by atoms with van der Waals surface area (Å²) in [5.41, 5.74) is 0.960. The molecule has 0 aliphatic carbocycles. The minimum absolute atomic E-state index is 0.0549. The zero-order valence-corrected chi connectivity index (χ0v) is 12.7. The van der Waals surface area contributed by atoms with Crippen molar-refractivity contribution >= 4 is 16.9 Å².